The molecular weight excluding hydrogens is 274 g/mol. The Balaban J connectivity index is 0.00000147. The fourth-order valence-electron chi connectivity index (χ4n) is 3.96. The molecule has 0 aliphatic carbocycles. The molecule has 0 aromatic carbocycles. The van der Waals surface area contributed by atoms with Crippen molar-refractivity contribution in [3.63, 3.8) is 0 Å². The molecule has 20 heavy (non-hydrogen) atoms. The maximum Gasteiger partial charge on any atom is 0.236 e. The third-order valence-corrected chi connectivity index (χ3v) is 5.25. The van der Waals surface area contributed by atoms with Crippen molar-refractivity contribution in [1.82, 2.24) is 15.1 Å². The van der Waals surface area contributed by atoms with E-state index in [4.69, 9.17) is 0 Å². The number of amides is 1. The Morgan fingerprint density at radius 1 is 1.00 bits per heavy atom. The topological polar surface area (TPSA) is 35.6 Å². The van der Waals surface area contributed by atoms with Gasteiger partial charge in [0.15, 0.2) is 0 Å². The van der Waals surface area contributed by atoms with Gasteiger partial charge in [0, 0.05) is 19.6 Å². The molecule has 3 heterocycles. The number of rotatable bonds is 2. The first-order valence-corrected chi connectivity index (χ1v) is 7.98. The number of halogens is 1. The van der Waals surface area contributed by atoms with E-state index in [1.807, 2.05) is 0 Å². The lowest BCUT2D eigenvalue weighted by Gasteiger charge is -2.34. The number of likely N-dealkylation sites (tertiary alicyclic amines) is 2. The molecule has 0 aromatic rings. The summed E-state index contributed by atoms with van der Waals surface area (Å²) in [7, 11) is 0. The standard InChI is InChI=1S/C15H27N3O.ClH/c19-14(18-9-2-1-3-10-18)12-17-11-6-15(13-17)4-7-16-8-5-15;/h16H,1-13H2;1H. The van der Waals surface area contributed by atoms with Crippen molar-refractivity contribution in [3.05, 3.63) is 0 Å². The van der Waals surface area contributed by atoms with E-state index in [1.165, 1.54) is 38.5 Å². The van der Waals surface area contributed by atoms with Crippen LogP contribution in [-0.4, -0.2) is 61.5 Å². The van der Waals surface area contributed by atoms with Crippen LogP contribution in [0.3, 0.4) is 0 Å². The van der Waals surface area contributed by atoms with Crippen molar-refractivity contribution < 1.29 is 4.79 Å². The Labute approximate surface area is 128 Å². The minimum absolute atomic E-state index is 0. The Morgan fingerprint density at radius 2 is 1.70 bits per heavy atom. The highest BCUT2D eigenvalue weighted by molar-refractivity contribution is 5.85. The molecule has 116 valence electrons. The largest absolute Gasteiger partial charge is 0.342 e. The van der Waals surface area contributed by atoms with Gasteiger partial charge in [-0.3, -0.25) is 9.69 Å². The van der Waals surface area contributed by atoms with Crippen LogP contribution in [0.4, 0.5) is 0 Å². The molecule has 3 aliphatic rings. The van der Waals surface area contributed by atoms with E-state index in [-0.39, 0.29) is 12.4 Å². The molecule has 0 unspecified atom stereocenters. The normalized spacial score (nSPS) is 26.5. The van der Waals surface area contributed by atoms with E-state index in [0.29, 0.717) is 17.9 Å². The van der Waals surface area contributed by atoms with E-state index >= 15 is 0 Å². The lowest BCUT2D eigenvalue weighted by Crippen LogP contribution is -2.43. The van der Waals surface area contributed by atoms with Crippen LogP contribution in [-0.2, 0) is 4.79 Å². The molecule has 1 amide bonds. The smallest absolute Gasteiger partial charge is 0.236 e. The van der Waals surface area contributed by atoms with E-state index in [1.54, 1.807) is 0 Å². The lowest BCUT2D eigenvalue weighted by atomic mass is 9.78. The third kappa shape index (κ3) is 3.66. The molecule has 1 N–H and O–H groups in total. The molecule has 1 spiro atoms. The number of nitrogens with one attached hydrogen (secondary N) is 1. The second kappa shape index (κ2) is 7.10. The first-order valence-electron chi connectivity index (χ1n) is 7.98. The molecule has 0 atom stereocenters. The Morgan fingerprint density at radius 3 is 2.40 bits per heavy atom. The molecule has 3 fully saturated rings. The number of carbonyl (C=O) groups is 1. The molecular formula is C15H28ClN3O. The number of carbonyl (C=O) groups excluding carboxylic acids is 1. The van der Waals surface area contributed by atoms with Crippen LogP contribution in [0.15, 0.2) is 0 Å². The van der Waals surface area contributed by atoms with Gasteiger partial charge in [-0.05, 0) is 63.6 Å². The van der Waals surface area contributed by atoms with Crippen LogP contribution in [0.25, 0.3) is 0 Å². The summed E-state index contributed by atoms with van der Waals surface area (Å²) in [5.41, 5.74) is 0.521. The highest BCUT2D eigenvalue weighted by atomic mass is 35.5. The number of nitrogens with zero attached hydrogens (tertiary/aromatic N) is 2. The summed E-state index contributed by atoms with van der Waals surface area (Å²) in [6.45, 7) is 7.23. The second-order valence-corrected chi connectivity index (χ2v) is 6.65. The summed E-state index contributed by atoms with van der Waals surface area (Å²) in [6, 6.07) is 0. The summed E-state index contributed by atoms with van der Waals surface area (Å²) in [4.78, 5) is 16.8. The molecule has 0 bridgehead atoms. The van der Waals surface area contributed by atoms with Crippen LogP contribution in [0.5, 0.6) is 0 Å². The van der Waals surface area contributed by atoms with Gasteiger partial charge < -0.3 is 10.2 Å². The van der Waals surface area contributed by atoms with Gasteiger partial charge in [-0.2, -0.15) is 0 Å². The first-order chi connectivity index (χ1) is 9.27. The quantitative estimate of drug-likeness (QED) is 0.839. The van der Waals surface area contributed by atoms with E-state index in [9.17, 15) is 4.79 Å². The summed E-state index contributed by atoms with van der Waals surface area (Å²) in [5.74, 6) is 0.366. The number of hydrogen-bond donors (Lipinski definition) is 1. The molecule has 0 radical (unpaired) electrons. The van der Waals surface area contributed by atoms with E-state index in [0.717, 1.165) is 39.3 Å². The van der Waals surface area contributed by atoms with Crippen LogP contribution >= 0.6 is 12.4 Å². The highest BCUT2D eigenvalue weighted by Gasteiger charge is 2.39. The predicted octanol–water partition coefficient (Wildman–Crippen LogP) is 1.50. The summed E-state index contributed by atoms with van der Waals surface area (Å²) < 4.78 is 0. The van der Waals surface area contributed by atoms with Crippen molar-refractivity contribution in [2.45, 2.75) is 38.5 Å². The zero-order chi connectivity index (χ0) is 13.1. The van der Waals surface area contributed by atoms with Gasteiger partial charge in [0.1, 0.15) is 0 Å². The van der Waals surface area contributed by atoms with Gasteiger partial charge >= 0.3 is 0 Å². The van der Waals surface area contributed by atoms with Gasteiger partial charge in [-0.15, -0.1) is 12.4 Å². The monoisotopic (exact) mass is 301 g/mol. The minimum atomic E-state index is 0. The summed E-state index contributed by atoms with van der Waals surface area (Å²) >= 11 is 0. The van der Waals surface area contributed by atoms with Gasteiger partial charge in [0.25, 0.3) is 0 Å². The number of hydrogen-bond acceptors (Lipinski definition) is 3. The average Bonchev–Trinajstić information content (AvgIpc) is 2.83. The lowest BCUT2D eigenvalue weighted by molar-refractivity contribution is -0.133. The van der Waals surface area contributed by atoms with Crippen molar-refractivity contribution in [2.75, 3.05) is 45.8 Å². The second-order valence-electron chi connectivity index (χ2n) is 6.65. The Kier molecular flexibility index (Phi) is 5.70. The SMILES string of the molecule is Cl.O=C(CN1CCC2(CCNCC2)C1)N1CCCCC1. The molecule has 0 aromatic heterocycles. The van der Waals surface area contributed by atoms with Crippen molar-refractivity contribution in [2.24, 2.45) is 5.41 Å². The number of piperidine rings is 2. The molecule has 3 saturated heterocycles. The van der Waals surface area contributed by atoms with Crippen molar-refractivity contribution in [1.29, 1.82) is 0 Å². The first kappa shape index (κ1) is 16.1. The minimum Gasteiger partial charge on any atom is -0.342 e. The fraction of sp³-hybridized carbons (Fsp3) is 0.933. The van der Waals surface area contributed by atoms with E-state index < -0.39 is 0 Å². The molecule has 4 nitrogen and oxygen atoms in total. The zero-order valence-electron chi connectivity index (χ0n) is 12.4. The highest BCUT2D eigenvalue weighted by Crippen LogP contribution is 2.38. The van der Waals surface area contributed by atoms with Crippen molar-refractivity contribution >= 4 is 18.3 Å². The maximum absolute atomic E-state index is 12.3. The Bertz CT molecular complexity index is 325. The third-order valence-electron chi connectivity index (χ3n) is 5.25. The maximum atomic E-state index is 12.3. The zero-order valence-corrected chi connectivity index (χ0v) is 13.2. The molecule has 0 saturated carbocycles. The summed E-state index contributed by atoms with van der Waals surface area (Å²) in [5, 5.41) is 3.45. The van der Waals surface area contributed by atoms with E-state index in [2.05, 4.69) is 15.1 Å². The Hall–Kier alpha value is -0.320. The average molecular weight is 302 g/mol. The molecule has 3 rings (SSSR count). The van der Waals surface area contributed by atoms with Crippen LogP contribution < -0.4 is 5.32 Å². The summed E-state index contributed by atoms with van der Waals surface area (Å²) in [6.07, 6.45) is 7.57. The molecule has 5 heteroatoms. The van der Waals surface area contributed by atoms with Gasteiger partial charge in [0.05, 0.1) is 6.54 Å². The van der Waals surface area contributed by atoms with Crippen LogP contribution in [0.2, 0.25) is 0 Å². The van der Waals surface area contributed by atoms with Crippen LogP contribution in [0.1, 0.15) is 38.5 Å². The van der Waals surface area contributed by atoms with Gasteiger partial charge in [-0.25, -0.2) is 0 Å². The van der Waals surface area contributed by atoms with Gasteiger partial charge in [0.2, 0.25) is 5.91 Å². The molecule has 3 aliphatic heterocycles. The fourth-order valence-corrected chi connectivity index (χ4v) is 3.96. The van der Waals surface area contributed by atoms with Gasteiger partial charge in [-0.1, -0.05) is 0 Å². The van der Waals surface area contributed by atoms with Crippen LogP contribution in [0, 0.1) is 5.41 Å². The predicted molar refractivity (Wildman–Crippen MR) is 83.3 cm³/mol. The van der Waals surface area contributed by atoms with Crippen molar-refractivity contribution in [3.8, 4) is 0 Å².